The summed E-state index contributed by atoms with van der Waals surface area (Å²) in [4.78, 5) is 15.7. The number of rotatable bonds is 4. The van der Waals surface area contributed by atoms with Crippen LogP contribution in [0.25, 0.3) is 0 Å². The maximum absolute atomic E-state index is 12.4. The molecule has 1 heterocycles. The molecule has 0 unspecified atom stereocenters. The zero-order valence-corrected chi connectivity index (χ0v) is 11.6. The van der Waals surface area contributed by atoms with Gasteiger partial charge in [0.15, 0.2) is 0 Å². The average Bonchev–Trinajstić information content (AvgIpc) is 2.81. The van der Waals surface area contributed by atoms with E-state index in [1.807, 2.05) is 6.07 Å². The first-order valence-corrected chi connectivity index (χ1v) is 7.28. The molecule has 4 nitrogen and oxygen atoms in total. The highest BCUT2D eigenvalue weighted by Crippen LogP contribution is 2.27. The van der Waals surface area contributed by atoms with Crippen LogP contribution >= 0.6 is 11.3 Å². The van der Waals surface area contributed by atoms with Crippen LogP contribution in [0.1, 0.15) is 33.8 Å². The Morgan fingerprint density at radius 2 is 2.32 bits per heavy atom. The molecule has 102 valence electrons. The summed E-state index contributed by atoms with van der Waals surface area (Å²) in [5.41, 5.74) is 5.32. The van der Waals surface area contributed by atoms with Crippen LogP contribution in [0.5, 0.6) is 0 Å². The molecule has 0 aliphatic heterocycles. The van der Waals surface area contributed by atoms with Crippen molar-refractivity contribution in [2.45, 2.75) is 25.3 Å². The number of amides is 1. The summed E-state index contributed by atoms with van der Waals surface area (Å²) in [7, 11) is 0. The maximum Gasteiger partial charge on any atom is 0.264 e. The normalized spacial score (nSPS) is 14.4. The molecule has 0 bridgehead atoms. The van der Waals surface area contributed by atoms with Gasteiger partial charge in [-0.25, -0.2) is 0 Å². The van der Waals surface area contributed by atoms with Crippen LogP contribution < -0.4 is 5.73 Å². The predicted octanol–water partition coefficient (Wildman–Crippen LogP) is 1.05. The van der Waals surface area contributed by atoms with Crippen molar-refractivity contribution in [1.29, 1.82) is 0 Å². The molecule has 0 spiro atoms. The average molecular weight is 278 g/mol. The molecule has 3 N–H and O–H groups in total. The number of hydrogen-bond donors (Lipinski definition) is 2. The zero-order valence-electron chi connectivity index (χ0n) is 10.8. The lowest BCUT2D eigenvalue weighted by atomic mass is 9.91. The monoisotopic (exact) mass is 278 g/mol. The van der Waals surface area contributed by atoms with Crippen LogP contribution in [0.15, 0.2) is 12.1 Å². The highest BCUT2D eigenvalue weighted by Gasteiger charge is 2.29. The first-order chi connectivity index (χ1) is 9.26. The number of nitrogens with two attached hydrogens (primary N) is 1. The third-order valence-electron chi connectivity index (χ3n) is 3.25. The molecular weight excluding hydrogens is 260 g/mol. The first-order valence-electron chi connectivity index (χ1n) is 6.47. The van der Waals surface area contributed by atoms with Crippen molar-refractivity contribution in [1.82, 2.24) is 4.90 Å². The number of carbonyl (C=O) groups is 1. The van der Waals surface area contributed by atoms with Crippen molar-refractivity contribution < 1.29 is 9.90 Å². The van der Waals surface area contributed by atoms with Gasteiger partial charge in [-0.15, -0.1) is 11.3 Å². The van der Waals surface area contributed by atoms with Crippen molar-refractivity contribution >= 4 is 17.2 Å². The molecule has 5 heteroatoms. The second-order valence-corrected chi connectivity index (χ2v) is 5.56. The van der Waals surface area contributed by atoms with E-state index in [0.717, 1.165) is 24.1 Å². The van der Waals surface area contributed by atoms with Crippen LogP contribution in [0.3, 0.4) is 0 Å². The minimum Gasteiger partial charge on any atom is -0.395 e. The molecule has 0 radical (unpaired) electrons. The van der Waals surface area contributed by atoms with E-state index in [9.17, 15) is 4.79 Å². The Labute approximate surface area is 117 Å². The molecule has 0 aromatic carbocycles. The van der Waals surface area contributed by atoms with Crippen LogP contribution in [0, 0.1) is 11.8 Å². The molecule has 2 rings (SSSR count). The van der Waals surface area contributed by atoms with Gasteiger partial charge < -0.3 is 15.7 Å². The molecule has 1 aromatic rings. The second-order valence-electron chi connectivity index (χ2n) is 4.48. The van der Waals surface area contributed by atoms with E-state index in [2.05, 4.69) is 11.8 Å². The van der Waals surface area contributed by atoms with Gasteiger partial charge in [0.05, 0.1) is 22.9 Å². The van der Waals surface area contributed by atoms with Crippen LogP contribution in [-0.2, 0) is 0 Å². The summed E-state index contributed by atoms with van der Waals surface area (Å²) in [5, 5.41) is 9.10. The minimum atomic E-state index is 0.00421. The van der Waals surface area contributed by atoms with E-state index in [0.29, 0.717) is 24.0 Å². The van der Waals surface area contributed by atoms with E-state index in [4.69, 9.17) is 10.8 Å². The molecule has 0 saturated heterocycles. The van der Waals surface area contributed by atoms with Gasteiger partial charge in [-0.05, 0) is 31.4 Å². The van der Waals surface area contributed by atoms with Crippen LogP contribution in [0.4, 0.5) is 0 Å². The fraction of sp³-hybridized carbons (Fsp3) is 0.500. The third kappa shape index (κ3) is 3.35. The van der Waals surface area contributed by atoms with Crippen molar-refractivity contribution in [3.63, 3.8) is 0 Å². The highest BCUT2D eigenvalue weighted by atomic mass is 32.1. The third-order valence-corrected chi connectivity index (χ3v) is 4.24. The number of hydrogen-bond acceptors (Lipinski definition) is 4. The van der Waals surface area contributed by atoms with Crippen LogP contribution in [-0.4, -0.2) is 41.7 Å². The molecule has 1 aromatic heterocycles. The fourth-order valence-electron chi connectivity index (χ4n) is 2.06. The van der Waals surface area contributed by atoms with Gasteiger partial charge in [0.1, 0.15) is 0 Å². The molecule has 19 heavy (non-hydrogen) atoms. The Bertz CT molecular complexity index is 497. The molecule has 1 aliphatic rings. The Hall–Kier alpha value is -1.35. The largest absolute Gasteiger partial charge is 0.395 e. The lowest BCUT2D eigenvalue weighted by Crippen LogP contribution is -2.45. The number of aliphatic hydroxyl groups is 1. The van der Waals surface area contributed by atoms with E-state index in [1.54, 1.807) is 11.0 Å². The molecular formula is C14H18N2O2S. The summed E-state index contributed by atoms with van der Waals surface area (Å²) >= 11 is 1.39. The van der Waals surface area contributed by atoms with Crippen molar-refractivity contribution in [3.05, 3.63) is 21.9 Å². The standard InChI is InChI=1S/C14H18N2O2S/c15-8-2-5-12-6-7-13(19-12)14(18)16(9-10-17)11-3-1-4-11/h6-7,11,17H,1,3-4,8-10,15H2. The molecule has 0 atom stereocenters. The number of thiophene rings is 1. The van der Waals surface area contributed by atoms with Gasteiger partial charge >= 0.3 is 0 Å². The fourth-order valence-corrected chi connectivity index (χ4v) is 2.89. The van der Waals surface area contributed by atoms with Gasteiger partial charge in [-0.2, -0.15) is 0 Å². The Morgan fingerprint density at radius 1 is 1.53 bits per heavy atom. The van der Waals surface area contributed by atoms with Crippen molar-refractivity contribution in [2.24, 2.45) is 5.73 Å². The van der Waals surface area contributed by atoms with E-state index in [-0.39, 0.29) is 12.5 Å². The Morgan fingerprint density at radius 3 is 2.89 bits per heavy atom. The molecule has 1 aliphatic carbocycles. The van der Waals surface area contributed by atoms with Gasteiger partial charge in [-0.3, -0.25) is 4.79 Å². The Kier molecular flexibility index (Phi) is 4.97. The summed E-state index contributed by atoms with van der Waals surface area (Å²) < 4.78 is 0. The minimum absolute atomic E-state index is 0.00421. The lowest BCUT2D eigenvalue weighted by Gasteiger charge is -2.37. The van der Waals surface area contributed by atoms with Crippen LogP contribution in [0.2, 0.25) is 0 Å². The number of carbonyl (C=O) groups excluding carboxylic acids is 1. The van der Waals surface area contributed by atoms with Gasteiger partial charge in [-0.1, -0.05) is 11.8 Å². The van der Waals surface area contributed by atoms with Crippen molar-refractivity contribution in [2.75, 3.05) is 19.7 Å². The second kappa shape index (κ2) is 6.71. The van der Waals surface area contributed by atoms with E-state index >= 15 is 0 Å². The highest BCUT2D eigenvalue weighted by molar-refractivity contribution is 7.14. The summed E-state index contributed by atoms with van der Waals surface area (Å²) in [6.45, 7) is 0.735. The van der Waals surface area contributed by atoms with Gasteiger partial charge in [0, 0.05) is 12.6 Å². The maximum atomic E-state index is 12.4. The number of nitrogens with zero attached hydrogens (tertiary/aromatic N) is 1. The Balaban J connectivity index is 2.09. The topological polar surface area (TPSA) is 66.6 Å². The zero-order chi connectivity index (χ0) is 13.7. The molecule has 1 saturated carbocycles. The molecule has 1 amide bonds. The van der Waals surface area contributed by atoms with E-state index in [1.165, 1.54) is 11.3 Å². The smallest absolute Gasteiger partial charge is 0.264 e. The van der Waals surface area contributed by atoms with Gasteiger partial charge in [0.2, 0.25) is 0 Å². The van der Waals surface area contributed by atoms with Gasteiger partial charge in [0.25, 0.3) is 5.91 Å². The quantitative estimate of drug-likeness (QED) is 0.809. The summed E-state index contributed by atoms with van der Waals surface area (Å²) in [6.07, 6.45) is 3.24. The predicted molar refractivity (Wildman–Crippen MR) is 76.0 cm³/mol. The van der Waals surface area contributed by atoms with E-state index < -0.39 is 0 Å². The first kappa shape index (κ1) is 14.1. The lowest BCUT2D eigenvalue weighted by molar-refractivity contribution is 0.0530. The van der Waals surface area contributed by atoms with Crippen molar-refractivity contribution in [3.8, 4) is 11.8 Å². The SMILES string of the molecule is NCC#Cc1ccc(C(=O)N(CCO)C2CCC2)s1. The molecule has 1 fully saturated rings. The summed E-state index contributed by atoms with van der Waals surface area (Å²) in [5.74, 6) is 5.71. The number of aliphatic hydroxyl groups excluding tert-OH is 1. The summed E-state index contributed by atoms with van der Waals surface area (Å²) in [6, 6.07) is 3.94.